The van der Waals surface area contributed by atoms with Crippen molar-refractivity contribution in [3.05, 3.63) is 143 Å². The van der Waals surface area contributed by atoms with Crippen molar-refractivity contribution in [2.45, 2.75) is 125 Å². The fraction of sp³-hybridized carbons (Fsp3) is 0.403. The van der Waals surface area contributed by atoms with Crippen molar-refractivity contribution in [2.24, 2.45) is 33.7 Å². The fourth-order valence-electron chi connectivity index (χ4n) is 10.6. The average Bonchev–Trinajstić information content (AvgIpc) is 1.58. The van der Waals surface area contributed by atoms with Crippen LogP contribution in [0.4, 0.5) is 10.8 Å². The maximum Gasteiger partial charge on any atom is 0.246 e. The zero-order chi connectivity index (χ0) is 74.1. The Morgan fingerprint density at radius 1 is 0.706 bits per heavy atom. The molecule has 0 radical (unpaired) electrons. The van der Waals surface area contributed by atoms with Gasteiger partial charge in [-0.1, -0.05) is 107 Å². The molecule has 2 aliphatic heterocycles. The smallest absolute Gasteiger partial charge is 0.246 e. The van der Waals surface area contributed by atoms with Gasteiger partial charge in [0.25, 0.3) is 0 Å². The number of hydrogen-bond acceptors (Lipinski definition) is 21. The predicted octanol–water partition coefficient (Wildman–Crippen LogP) is -1.57. The van der Waals surface area contributed by atoms with E-state index < -0.39 is 139 Å². The van der Waals surface area contributed by atoms with E-state index in [1.165, 1.54) is 28.4 Å². The molecule has 0 bridgehead atoms. The molecule has 35 heteroatoms. The minimum absolute atomic E-state index is 0.0128. The number of carbonyl (C=O) groups is 12. The lowest BCUT2D eigenvalue weighted by atomic mass is 10.0. The highest BCUT2D eigenvalue weighted by Gasteiger charge is 2.41. The number of nitrogen functional groups attached to an aromatic ring is 1. The number of benzene rings is 4. The van der Waals surface area contributed by atoms with E-state index in [0.29, 0.717) is 34.9 Å². The molecule has 0 spiro atoms. The summed E-state index contributed by atoms with van der Waals surface area (Å²) in [5.41, 5.74) is 37.2. The van der Waals surface area contributed by atoms with Crippen LogP contribution in [0.25, 0.3) is 0 Å². The Kier molecular flexibility index (Phi) is 33.2. The van der Waals surface area contributed by atoms with E-state index in [1.54, 1.807) is 47.8 Å². The van der Waals surface area contributed by atoms with E-state index >= 15 is 0 Å². The van der Waals surface area contributed by atoms with Gasteiger partial charge in [-0.25, -0.2) is 4.98 Å². The lowest BCUT2D eigenvalue weighted by Crippen LogP contribution is -2.61. The molecule has 32 nitrogen and oxygen atoms in total. The van der Waals surface area contributed by atoms with Crippen LogP contribution in [0.1, 0.15) is 85.4 Å². The number of nitrogens with two attached hydrogens (primary N) is 6. The summed E-state index contributed by atoms with van der Waals surface area (Å²) in [7, 11) is 2.19. The summed E-state index contributed by atoms with van der Waals surface area (Å²) in [4.78, 5) is 169. The quantitative estimate of drug-likeness (QED) is 0.0116. The normalized spacial score (nSPS) is 19.0. The Balaban J connectivity index is 0.000000482. The number of aliphatic hydroxyl groups excluding tert-OH is 1. The number of aliphatic hydroxyl groups is 1. The number of nitrogens with zero attached hydrogens (tertiary/aromatic N) is 3. The number of rotatable bonds is 28. The van der Waals surface area contributed by atoms with Gasteiger partial charge in [-0.2, -0.15) is 0 Å². The number of carbonyl (C=O) groups excluding carboxylic acids is 12. The first kappa shape index (κ1) is 80.6. The van der Waals surface area contributed by atoms with Crippen LogP contribution < -0.4 is 82.3 Å². The van der Waals surface area contributed by atoms with Gasteiger partial charge in [0.2, 0.25) is 70.9 Å². The highest BCUT2D eigenvalue weighted by Crippen LogP contribution is 2.27. The summed E-state index contributed by atoms with van der Waals surface area (Å²) in [6.07, 6.45) is -0.793. The zero-order valence-electron chi connectivity index (χ0n) is 55.8. The van der Waals surface area contributed by atoms with Crippen LogP contribution in [0.2, 0.25) is 0 Å². The number of amides is 12. The summed E-state index contributed by atoms with van der Waals surface area (Å²) in [5, 5.41) is 46.3. The highest BCUT2D eigenvalue weighted by molar-refractivity contribution is 8.76. The van der Waals surface area contributed by atoms with E-state index in [9.17, 15) is 67.7 Å². The number of likely N-dealkylation sites (tertiary alicyclic amines) is 1. The zero-order valence-corrected chi connectivity index (χ0v) is 58.3. The summed E-state index contributed by atoms with van der Waals surface area (Å²) in [6, 6.07) is 21.9. The number of phenols is 1. The molecule has 5 aromatic rings. The van der Waals surface area contributed by atoms with Crippen molar-refractivity contribution in [1.29, 1.82) is 0 Å². The number of nitrogens with one attached hydrogen (secondary N) is 9. The van der Waals surface area contributed by atoms with Gasteiger partial charge in [0, 0.05) is 67.9 Å². The Bertz CT molecular complexity index is 3690. The number of hydrogen-bond donors (Lipinski definition) is 17. The molecule has 2 saturated heterocycles. The van der Waals surface area contributed by atoms with Gasteiger partial charge >= 0.3 is 0 Å². The summed E-state index contributed by atoms with van der Waals surface area (Å²) >= 11 is 1.33. The van der Waals surface area contributed by atoms with Crippen LogP contribution in [0, 0.1) is 0 Å². The van der Waals surface area contributed by atoms with E-state index in [0.717, 1.165) is 51.4 Å². The molecule has 1 aromatic heterocycles. The molecule has 7 rings (SSSR count). The molecule has 0 aliphatic carbocycles. The maximum atomic E-state index is 14.6. The topological polar surface area (TPSA) is 538 Å². The van der Waals surface area contributed by atoms with Crippen LogP contribution in [0.5, 0.6) is 5.75 Å². The van der Waals surface area contributed by atoms with Crippen LogP contribution in [-0.2, 0) is 83.2 Å². The second-order valence-electron chi connectivity index (χ2n) is 23.8. The van der Waals surface area contributed by atoms with Gasteiger partial charge in [0.05, 0.1) is 31.2 Å². The lowest BCUT2D eigenvalue weighted by Gasteiger charge is -2.31. The Morgan fingerprint density at radius 2 is 1.32 bits per heavy atom. The second-order valence-corrected chi connectivity index (χ2v) is 27.3. The molecule has 102 heavy (non-hydrogen) atoms. The SMILES string of the molecule is NC(=O)CC[C@@H]1NC(=O)[C@H](Cc2ccccc2)NC(=O)[C@H](Cc2ccc(O)cc2)NC(=O)CCSSC[C@@H](C(=O)N2CCC[C@H]2C(=O)N[C@H](CCCN=C(N)N)C(=O)NCC(N)=O)NC(=O)[C@H](CC(N)=O)NC1=O.Nc1nc(CC(=O)Nc2ccc(CCNC[C@H](O)c3ccccc3)cc2)cs1. The number of aromatic nitrogens is 1. The van der Waals surface area contributed by atoms with E-state index in [1.807, 2.05) is 54.6 Å². The van der Waals surface area contributed by atoms with Crippen LogP contribution in [0.15, 0.2) is 120 Å². The van der Waals surface area contributed by atoms with E-state index in [2.05, 4.69) is 57.8 Å². The number of aliphatic imine (C=N–C) groups is 1. The molecular weight excluding hydrogens is 1380 g/mol. The molecule has 3 heterocycles. The first-order valence-corrected chi connectivity index (χ1v) is 36.1. The second kappa shape index (κ2) is 42.0. The minimum Gasteiger partial charge on any atom is -0.508 e. The predicted molar refractivity (Wildman–Crippen MR) is 385 cm³/mol. The molecule has 548 valence electrons. The van der Waals surface area contributed by atoms with Gasteiger partial charge in [0.1, 0.15) is 48.0 Å². The third-order valence-corrected chi connectivity index (χ3v) is 18.9. The van der Waals surface area contributed by atoms with Crippen molar-refractivity contribution in [3.63, 3.8) is 0 Å². The Morgan fingerprint density at radius 3 is 1.96 bits per heavy atom. The Hall–Kier alpha value is -10.4. The Labute approximate surface area is 600 Å². The number of primary amides is 3. The van der Waals surface area contributed by atoms with Gasteiger partial charge in [-0.15, -0.1) is 11.3 Å². The van der Waals surface area contributed by atoms with Gasteiger partial charge in [-0.05, 0) is 91.6 Å². The highest BCUT2D eigenvalue weighted by atomic mass is 33.1. The molecule has 0 saturated carbocycles. The van der Waals surface area contributed by atoms with Crippen molar-refractivity contribution in [3.8, 4) is 5.75 Å². The molecule has 23 N–H and O–H groups in total. The van der Waals surface area contributed by atoms with Gasteiger partial charge in [0.15, 0.2) is 11.1 Å². The number of thiazole rings is 1. The van der Waals surface area contributed by atoms with Crippen LogP contribution >= 0.6 is 32.9 Å². The standard InChI is InChI=1S/C46H64N14O12S2.C21H24N4O2S/c47-35(62)15-14-29-40(67)58-32(22-36(48)63)43(70)59-33(45(72)60-18-5-9-34(60)44(71)56-28(8-4-17-52-46(50)51)39(66)53-23-37(49)64)24-74-73-19-16-38(65)54-30(21-26-10-12-27(61)13-11-26)41(68)57-31(42(69)55-29)20-25-6-2-1-3-7-25;22-21-25-18(14-28-21)12-20(27)24-17-8-6-15(7-9-17)10-11-23-13-19(26)16-4-2-1-3-5-16/h1-3,6-7,10-13,28-34,61H,4-5,8-9,14-24H2,(H2,47,62)(H2,48,63)(H2,49,64)(H,53,66)(H,54,65)(H,55,69)(H,56,71)(H,57,68)(H,58,67)(H,59,70)(H4,50,51,52);1-9,14,19,23,26H,10-13H2,(H2,22,25)(H,24,27)/t28-,29+,30+,31+,32+,33+,34+;19-/m10/s1. The monoisotopic (exact) mass is 1460 g/mol. The first-order valence-electron chi connectivity index (χ1n) is 32.7. The molecule has 0 unspecified atom stereocenters. The molecule has 4 aromatic carbocycles. The molecular formula is C67H88N18O14S3. The van der Waals surface area contributed by atoms with Crippen LogP contribution in [0.3, 0.4) is 0 Å². The first-order chi connectivity index (χ1) is 48.8. The van der Waals surface area contributed by atoms with Gasteiger partial charge in [-0.3, -0.25) is 62.5 Å². The third kappa shape index (κ3) is 28.7. The van der Waals surface area contributed by atoms with Crippen molar-refractivity contribution in [1.82, 2.24) is 52.4 Å². The summed E-state index contributed by atoms with van der Waals surface area (Å²) in [6.45, 7) is 0.876. The molecule has 8 atom stereocenters. The average molecular weight is 1470 g/mol. The van der Waals surface area contributed by atoms with E-state index in [4.69, 9.17) is 34.4 Å². The summed E-state index contributed by atoms with van der Waals surface area (Å²) < 4.78 is 0. The number of anilines is 2. The lowest BCUT2D eigenvalue weighted by molar-refractivity contribution is -0.142. The fourth-order valence-corrected chi connectivity index (χ4v) is 13.3. The minimum atomic E-state index is -1.77. The maximum absolute atomic E-state index is 14.6. The van der Waals surface area contributed by atoms with E-state index in [-0.39, 0.29) is 87.2 Å². The largest absolute Gasteiger partial charge is 0.508 e. The molecule has 2 aliphatic rings. The van der Waals surface area contributed by atoms with Crippen molar-refractivity contribution in [2.75, 3.05) is 55.3 Å². The summed E-state index contributed by atoms with van der Waals surface area (Å²) in [5.74, 6) is -9.87. The third-order valence-electron chi connectivity index (χ3n) is 15.8. The molecule has 2 fully saturated rings. The number of aromatic hydroxyl groups is 1. The van der Waals surface area contributed by atoms with Crippen molar-refractivity contribution >= 4 is 121 Å². The number of phenolic OH excluding ortho intramolecular Hbond substituents is 1. The number of guanidine groups is 1. The molecule has 12 amide bonds. The van der Waals surface area contributed by atoms with Gasteiger partial charge < -0.3 is 97.4 Å². The van der Waals surface area contributed by atoms with Crippen molar-refractivity contribution < 1.29 is 67.7 Å². The van der Waals surface area contributed by atoms with Crippen LogP contribution in [-0.4, -0.2) is 183 Å².